The number of esters is 3. The van der Waals surface area contributed by atoms with Gasteiger partial charge in [-0.05, 0) is 137 Å². The molecule has 1 atom stereocenters. The molecule has 0 aromatic heterocycles. The lowest BCUT2D eigenvalue weighted by Gasteiger charge is -2.26. The van der Waals surface area contributed by atoms with E-state index < -0.39 is 0 Å². The molecule has 10 heteroatoms. The van der Waals surface area contributed by atoms with E-state index in [1.807, 2.05) is 27.9 Å². The van der Waals surface area contributed by atoms with Crippen LogP contribution < -0.4 is 0 Å². The fourth-order valence-corrected chi connectivity index (χ4v) is 9.04. The number of hydrogen-bond acceptors (Lipinski definition) is 9. The molecule has 1 unspecified atom stereocenters. The van der Waals surface area contributed by atoms with E-state index in [1.165, 1.54) is 77.0 Å². The fourth-order valence-electron chi connectivity index (χ4n) is 9.04. The SMILES string of the molecule is CCCCCCC(CCCCCC)OC(=O)CCCCCCCCC(CCCCCCCCC(=O)OC(CCCCCC)CCCCCC)OC(=O)N(CCCC(=O)OC(C)CC)CCCN(C)C. The van der Waals surface area contributed by atoms with Gasteiger partial charge in [0.05, 0.1) is 6.10 Å². The molecule has 10 nitrogen and oxygen atoms in total. The van der Waals surface area contributed by atoms with Crippen molar-refractivity contribution < 1.29 is 38.1 Å². The molecule has 0 aliphatic carbocycles. The molecule has 0 N–H and O–H groups in total. The smallest absolute Gasteiger partial charge is 0.410 e. The van der Waals surface area contributed by atoms with Crippen LogP contribution in [0.4, 0.5) is 4.79 Å². The molecule has 69 heavy (non-hydrogen) atoms. The highest BCUT2D eigenvalue weighted by molar-refractivity contribution is 5.70. The van der Waals surface area contributed by atoms with Crippen molar-refractivity contribution in [2.45, 2.75) is 323 Å². The summed E-state index contributed by atoms with van der Waals surface area (Å²) in [6, 6.07) is 0. The molecule has 0 saturated heterocycles. The Hall–Kier alpha value is -2.36. The van der Waals surface area contributed by atoms with Crippen LogP contribution in [0, 0.1) is 0 Å². The second kappa shape index (κ2) is 49.2. The lowest BCUT2D eigenvalue weighted by atomic mass is 10.0. The van der Waals surface area contributed by atoms with Crippen LogP contribution in [0.2, 0.25) is 0 Å². The van der Waals surface area contributed by atoms with Crippen LogP contribution in [0.15, 0.2) is 0 Å². The summed E-state index contributed by atoms with van der Waals surface area (Å²) in [6.45, 7) is 14.8. The topological polar surface area (TPSA) is 112 Å². The Morgan fingerprint density at radius 2 is 0.652 bits per heavy atom. The summed E-state index contributed by atoms with van der Waals surface area (Å²) in [5.74, 6) is -0.265. The van der Waals surface area contributed by atoms with Gasteiger partial charge in [-0.3, -0.25) is 14.4 Å². The van der Waals surface area contributed by atoms with E-state index >= 15 is 0 Å². The Kier molecular flexibility index (Phi) is 47.5. The second-order valence-electron chi connectivity index (χ2n) is 20.9. The maximum Gasteiger partial charge on any atom is 0.410 e. The van der Waals surface area contributed by atoms with Gasteiger partial charge in [-0.1, -0.05) is 163 Å². The van der Waals surface area contributed by atoms with Crippen LogP contribution >= 0.6 is 0 Å². The molecule has 0 fully saturated rings. The van der Waals surface area contributed by atoms with Crippen molar-refractivity contribution in [2.24, 2.45) is 0 Å². The summed E-state index contributed by atoms with van der Waals surface area (Å²) in [5, 5.41) is 0. The highest BCUT2D eigenvalue weighted by atomic mass is 16.6. The van der Waals surface area contributed by atoms with Gasteiger partial charge in [0.1, 0.15) is 18.3 Å². The maximum absolute atomic E-state index is 13.8. The first-order valence-electron chi connectivity index (χ1n) is 29.7. The molecule has 0 aromatic carbocycles. The first-order valence-corrected chi connectivity index (χ1v) is 29.7. The summed E-state index contributed by atoms with van der Waals surface area (Å²) >= 11 is 0. The molecule has 408 valence electrons. The summed E-state index contributed by atoms with van der Waals surface area (Å²) in [4.78, 5) is 55.8. The average molecular weight is 980 g/mol. The number of ether oxygens (including phenoxy) is 4. The third-order valence-electron chi connectivity index (χ3n) is 13.7. The Bertz CT molecular complexity index is 1100. The van der Waals surface area contributed by atoms with Gasteiger partial charge in [0.15, 0.2) is 0 Å². The number of rotatable bonds is 51. The first kappa shape index (κ1) is 66.6. The molecule has 0 radical (unpaired) electrons. The first-order chi connectivity index (χ1) is 33.5. The van der Waals surface area contributed by atoms with Crippen LogP contribution in [0.1, 0.15) is 298 Å². The summed E-state index contributed by atoms with van der Waals surface area (Å²) in [6.07, 6.45) is 40.4. The minimum Gasteiger partial charge on any atom is -0.463 e. The molecule has 0 heterocycles. The van der Waals surface area contributed by atoms with Crippen LogP contribution in [0.3, 0.4) is 0 Å². The molecule has 0 spiro atoms. The largest absolute Gasteiger partial charge is 0.463 e. The van der Waals surface area contributed by atoms with Crippen molar-refractivity contribution in [1.29, 1.82) is 0 Å². The van der Waals surface area contributed by atoms with Crippen molar-refractivity contribution in [3.63, 3.8) is 0 Å². The number of hydrogen-bond donors (Lipinski definition) is 0. The summed E-state index contributed by atoms with van der Waals surface area (Å²) < 4.78 is 23.8. The normalized spacial score (nSPS) is 12.1. The number of unbranched alkanes of at least 4 members (excludes halogenated alkanes) is 22. The Labute approximate surface area is 427 Å². The molecular formula is C59H114N2O8. The number of amides is 1. The number of carbonyl (C=O) groups is 4. The van der Waals surface area contributed by atoms with Gasteiger partial charge < -0.3 is 28.7 Å². The summed E-state index contributed by atoms with van der Waals surface area (Å²) in [5.41, 5.74) is 0. The van der Waals surface area contributed by atoms with E-state index in [4.69, 9.17) is 18.9 Å². The zero-order valence-electron chi connectivity index (χ0n) is 46.9. The van der Waals surface area contributed by atoms with Crippen molar-refractivity contribution >= 4 is 24.0 Å². The van der Waals surface area contributed by atoms with Gasteiger partial charge >= 0.3 is 24.0 Å². The van der Waals surface area contributed by atoms with Crippen molar-refractivity contribution in [3.05, 3.63) is 0 Å². The van der Waals surface area contributed by atoms with Crippen LogP contribution in [-0.4, -0.2) is 91.9 Å². The monoisotopic (exact) mass is 979 g/mol. The van der Waals surface area contributed by atoms with Gasteiger partial charge in [-0.15, -0.1) is 0 Å². The van der Waals surface area contributed by atoms with E-state index in [2.05, 4.69) is 32.6 Å². The van der Waals surface area contributed by atoms with Crippen molar-refractivity contribution in [3.8, 4) is 0 Å². The molecule has 0 aliphatic heterocycles. The van der Waals surface area contributed by atoms with E-state index in [0.29, 0.717) is 32.4 Å². The van der Waals surface area contributed by atoms with Gasteiger partial charge in [0.25, 0.3) is 0 Å². The Balaban J connectivity index is 5.15. The lowest BCUT2D eigenvalue weighted by Crippen LogP contribution is -2.37. The lowest BCUT2D eigenvalue weighted by molar-refractivity contribution is -0.151. The zero-order chi connectivity index (χ0) is 51.0. The van der Waals surface area contributed by atoms with Crippen LogP contribution in [0.25, 0.3) is 0 Å². The summed E-state index contributed by atoms with van der Waals surface area (Å²) in [7, 11) is 4.08. The minimum atomic E-state index is -0.277. The standard InChI is InChI=1S/C59H114N2O8/c1-9-14-18-30-40-53(41-31-19-15-10-2)67-57(63)46-36-28-24-22-26-34-44-55(69-59(65)61(51-39-49-60(7)8)50-38-48-56(62)66-52(6)13-5)45-35-27-23-25-29-37-47-58(64)68-54(42-32-20-16-11-3)43-33-21-17-12-4/h52-55H,9-51H2,1-8H3. The van der Waals surface area contributed by atoms with Crippen molar-refractivity contribution in [1.82, 2.24) is 9.80 Å². The highest BCUT2D eigenvalue weighted by Crippen LogP contribution is 2.22. The average Bonchev–Trinajstić information content (AvgIpc) is 3.32. The van der Waals surface area contributed by atoms with E-state index in [0.717, 1.165) is 161 Å². The third-order valence-corrected chi connectivity index (χ3v) is 13.7. The van der Waals surface area contributed by atoms with Gasteiger partial charge in [-0.2, -0.15) is 0 Å². The Morgan fingerprint density at radius 1 is 0.348 bits per heavy atom. The van der Waals surface area contributed by atoms with Gasteiger partial charge in [-0.25, -0.2) is 4.79 Å². The van der Waals surface area contributed by atoms with E-state index in [1.54, 1.807) is 4.90 Å². The maximum atomic E-state index is 13.8. The number of nitrogens with zero attached hydrogens (tertiary/aromatic N) is 2. The third kappa shape index (κ3) is 44.1. The zero-order valence-corrected chi connectivity index (χ0v) is 46.9. The molecule has 1 amide bonds. The fraction of sp³-hybridized carbons (Fsp3) is 0.932. The molecule has 0 bridgehead atoms. The minimum absolute atomic E-state index is 0.0255. The van der Waals surface area contributed by atoms with Crippen LogP contribution in [0.5, 0.6) is 0 Å². The second-order valence-corrected chi connectivity index (χ2v) is 20.9. The van der Waals surface area contributed by atoms with E-state index in [-0.39, 0.29) is 54.8 Å². The predicted octanol–water partition coefficient (Wildman–Crippen LogP) is 16.8. The predicted molar refractivity (Wildman–Crippen MR) is 289 cm³/mol. The molecular weight excluding hydrogens is 865 g/mol. The quantitative estimate of drug-likeness (QED) is 0.0334. The van der Waals surface area contributed by atoms with E-state index in [9.17, 15) is 19.2 Å². The molecule has 0 saturated carbocycles. The van der Waals surface area contributed by atoms with Crippen molar-refractivity contribution in [2.75, 3.05) is 33.7 Å². The van der Waals surface area contributed by atoms with Crippen LogP contribution in [-0.2, 0) is 33.3 Å². The molecule has 0 aliphatic rings. The van der Waals surface area contributed by atoms with Gasteiger partial charge in [0, 0.05) is 32.4 Å². The highest BCUT2D eigenvalue weighted by Gasteiger charge is 2.22. The molecule has 0 rings (SSSR count). The molecule has 0 aromatic rings. The Morgan fingerprint density at radius 3 is 1.01 bits per heavy atom. The number of carbonyl (C=O) groups excluding carboxylic acids is 4. The van der Waals surface area contributed by atoms with Gasteiger partial charge in [0.2, 0.25) is 0 Å².